The number of carbonyl (C=O) groups excluding carboxylic acids is 1. The van der Waals surface area contributed by atoms with Gasteiger partial charge in [-0.15, -0.1) is 0 Å². The third-order valence-electron chi connectivity index (χ3n) is 2.71. The number of ether oxygens (including phenoxy) is 1. The third-order valence-corrected chi connectivity index (χ3v) is 3.55. The Kier molecular flexibility index (Phi) is 5.37. The lowest BCUT2D eigenvalue weighted by Crippen LogP contribution is -2.03. The van der Waals surface area contributed by atoms with Gasteiger partial charge < -0.3 is 4.74 Å². The van der Waals surface area contributed by atoms with Gasteiger partial charge >= 0.3 is 5.97 Å². The first-order valence-corrected chi connectivity index (χ1v) is 7.12. The van der Waals surface area contributed by atoms with Gasteiger partial charge in [0.25, 0.3) is 0 Å². The quantitative estimate of drug-likeness (QED) is 0.592. The Morgan fingerprint density at radius 3 is 2.57 bits per heavy atom. The van der Waals surface area contributed by atoms with E-state index in [0.29, 0.717) is 27.9 Å². The lowest BCUT2D eigenvalue weighted by molar-refractivity contribution is 0.0526. The molecule has 0 unspecified atom stereocenters. The number of carbonyl (C=O) groups is 1. The van der Waals surface area contributed by atoms with Crippen LogP contribution in [0.3, 0.4) is 0 Å². The van der Waals surface area contributed by atoms with Crippen molar-refractivity contribution in [3.63, 3.8) is 0 Å². The number of esters is 1. The Morgan fingerprint density at radius 2 is 1.90 bits per heavy atom. The van der Waals surface area contributed by atoms with Crippen LogP contribution in [0.25, 0.3) is 0 Å². The van der Waals surface area contributed by atoms with Crippen molar-refractivity contribution in [3.05, 3.63) is 63.6 Å². The number of aliphatic imine (C=N–C) groups is 1. The molecule has 0 heterocycles. The fraction of sp³-hybridized carbons (Fsp3) is 0.125. The highest BCUT2D eigenvalue weighted by atomic mass is 35.5. The van der Waals surface area contributed by atoms with Gasteiger partial charge in [-0.05, 0) is 37.3 Å². The summed E-state index contributed by atoms with van der Waals surface area (Å²) in [5, 5.41) is 0.948. The Morgan fingerprint density at radius 1 is 1.19 bits per heavy atom. The molecule has 2 rings (SSSR count). The highest BCUT2D eigenvalue weighted by molar-refractivity contribution is 6.43. The van der Waals surface area contributed by atoms with E-state index in [9.17, 15) is 4.79 Å². The van der Waals surface area contributed by atoms with Crippen molar-refractivity contribution in [1.82, 2.24) is 0 Å². The molecule has 0 aliphatic carbocycles. The largest absolute Gasteiger partial charge is 0.462 e. The van der Waals surface area contributed by atoms with E-state index < -0.39 is 0 Å². The number of benzene rings is 2. The highest BCUT2D eigenvalue weighted by Crippen LogP contribution is 2.25. The number of halogens is 2. The number of hydrogen-bond acceptors (Lipinski definition) is 3. The molecular weight excluding hydrogens is 309 g/mol. The standard InChI is InChI=1S/C16H13Cl2NO2/c1-2-21-16(20)11-6-8-13(9-7-11)19-10-12-4-3-5-14(17)15(12)18/h3-10H,2H2,1H3. The summed E-state index contributed by atoms with van der Waals surface area (Å²) < 4.78 is 4.92. The second-order valence-electron chi connectivity index (χ2n) is 4.17. The summed E-state index contributed by atoms with van der Waals surface area (Å²) in [6.07, 6.45) is 1.63. The molecule has 2 aromatic rings. The van der Waals surface area contributed by atoms with Gasteiger partial charge in [-0.1, -0.05) is 35.3 Å². The summed E-state index contributed by atoms with van der Waals surface area (Å²) in [7, 11) is 0. The van der Waals surface area contributed by atoms with Crippen molar-refractivity contribution in [3.8, 4) is 0 Å². The van der Waals surface area contributed by atoms with Crippen LogP contribution in [0.1, 0.15) is 22.8 Å². The van der Waals surface area contributed by atoms with Gasteiger partial charge in [0.05, 0.1) is 27.9 Å². The maximum Gasteiger partial charge on any atom is 0.338 e. The van der Waals surface area contributed by atoms with Crippen LogP contribution in [-0.2, 0) is 4.74 Å². The molecule has 21 heavy (non-hydrogen) atoms. The Labute approximate surface area is 133 Å². The van der Waals surface area contributed by atoms with E-state index in [1.54, 1.807) is 49.5 Å². The maximum absolute atomic E-state index is 11.5. The summed E-state index contributed by atoms with van der Waals surface area (Å²) in [5.41, 5.74) is 1.94. The van der Waals surface area contributed by atoms with Crippen molar-refractivity contribution < 1.29 is 9.53 Å². The van der Waals surface area contributed by atoms with Gasteiger partial charge in [0.2, 0.25) is 0 Å². The van der Waals surface area contributed by atoms with Crippen molar-refractivity contribution >= 4 is 41.1 Å². The zero-order valence-electron chi connectivity index (χ0n) is 11.3. The van der Waals surface area contributed by atoms with E-state index in [1.165, 1.54) is 0 Å². The van der Waals surface area contributed by atoms with Crippen LogP contribution in [0.4, 0.5) is 5.69 Å². The van der Waals surface area contributed by atoms with Crippen LogP contribution in [0.2, 0.25) is 10.0 Å². The molecule has 0 aromatic heterocycles. The molecule has 5 heteroatoms. The van der Waals surface area contributed by atoms with E-state index in [0.717, 1.165) is 5.56 Å². The van der Waals surface area contributed by atoms with Gasteiger partial charge in [0.1, 0.15) is 0 Å². The fourth-order valence-electron chi connectivity index (χ4n) is 1.66. The monoisotopic (exact) mass is 321 g/mol. The molecule has 2 aromatic carbocycles. The lowest BCUT2D eigenvalue weighted by Gasteiger charge is -2.02. The third kappa shape index (κ3) is 4.06. The van der Waals surface area contributed by atoms with E-state index >= 15 is 0 Å². The molecule has 3 nitrogen and oxygen atoms in total. The molecular formula is C16H13Cl2NO2. The van der Waals surface area contributed by atoms with Gasteiger partial charge in [-0.3, -0.25) is 4.99 Å². The molecule has 0 bridgehead atoms. The molecule has 0 fully saturated rings. The topological polar surface area (TPSA) is 38.7 Å². The first-order valence-electron chi connectivity index (χ1n) is 6.37. The lowest BCUT2D eigenvalue weighted by atomic mass is 10.2. The molecule has 0 N–H and O–H groups in total. The molecule has 0 aliphatic heterocycles. The number of rotatable bonds is 4. The molecule has 0 saturated heterocycles. The van der Waals surface area contributed by atoms with E-state index in [-0.39, 0.29) is 5.97 Å². The zero-order chi connectivity index (χ0) is 15.2. The molecule has 0 amide bonds. The van der Waals surface area contributed by atoms with Crippen LogP contribution >= 0.6 is 23.2 Å². The zero-order valence-corrected chi connectivity index (χ0v) is 12.9. The minimum absolute atomic E-state index is 0.342. The Balaban J connectivity index is 2.15. The predicted octanol–water partition coefficient (Wildman–Crippen LogP) is 4.92. The number of hydrogen-bond donors (Lipinski definition) is 0. The first-order chi connectivity index (χ1) is 10.1. The number of nitrogens with zero attached hydrogens (tertiary/aromatic N) is 1. The van der Waals surface area contributed by atoms with Crippen LogP contribution in [0, 0.1) is 0 Å². The summed E-state index contributed by atoms with van der Waals surface area (Å²) in [6.45, 7) is 2.12. The van der Waals surface area contributed by atoms with Crippen LogP contribution < -0.4 is 0 Å². The van der Waals surface area contributed by atoms with Gasteiger partial charge in [0.15, 0.2) is 0 Å². The SMILES string of the molecule is CCOC(=O)c1ccc(N=Cc2cccc(Cl)c2Cl)cc1. The van der Waals surface area contributed by atoms with Crippen LogP contribution in [0.5, 0.6) is 0 Å². The Bertz CT molecular complexity index is 666. The Hall–Kier alpha value is -1.84. The minimum Gasteiger partial charge on any atom is -0.462 e. The van der Waals surface area contributed by atoms with E-state index in [2.05, 4.69) is 4.99 Å². The summed E-state index contributed by atoms with van der Waals surface area (Å²) >= 11 is 12.0. The second kappa shape index (κ2) is 7.25. The van der Waals surface area contributed by atoms with Crippen molar-refractivity contribution in [2.45, 2.75) is 6.92 Å². The highest BCUT2D eigenvalue weighted by Gasteiger charge is 2.05. The molecule has 0 aliphatic rings. The van der Waals surface area contributed by atoms with Crippen molar-refractivity contribution in [1.29, 1.82) is 0 Å². The van der Waals surface area contributed by atoms with Gasteiger partial charge in [0, 0.05) is 11.8 Å². The van der Waals surface area contributed by atoms with E-state index in [4.69, 9.17) is 27.9 Å². The molecule has 0 atom stereocenters. The normalized spacial score (nSPS) is 10.8. The van der Waals surface area contributed by atoms with Crippen molar-refractivity contribution in [2.24, 2.45) is 4.99 Å². The molecule has 0 saturated carbocycles. The van der Waals surface area contributed by atoms with Crippen LogP contribution in [-0.4, -0.2) is 18.8 Å². The molecule has 0 radical (unpaired) electrons. The second-order valence-corrected chi connectivity index (χ2v) is 4.95. The molecule has 0 spiro atoms. The smallest absolute Gasteiger partial charge is 0.338 e. The maximum atomic E-state index is 11.5. The van der Waals surface area contributed by atoms with Crippen LogP contribution in [0.15, 0.2) is 47.5 Å². The van der Waals surface area contributed by atoms with Gasteiger partial charge in [-0.2, -0.15) is 0 Å². The average molecular weight is 322 g/mol. The minimum atomic E-state index is -0.342. The average Bonchev–Trinajstić information content (AvgIpc) is 2.49. The first kappa shape index (κ1) is 15.5. The fourth-order valence-corrected chi connectivity index (χ4v) is 2.02. The summed E-state index contributed by atoms with van der Waals surface area (Å²) in [5.74, 6) is -0.342. The summed E-state index contributed by atoms with van der Waals surface area (Å²) in [4.78, 5) is 15.8. The van der Waals surface area contributed by atoms with E-state index in [1.807, 2.05) is 6.07 Å². The van der Waals surface area contributed by atoms with Crippen molar-refractivity contribution in [2.75, 3.05) is 6.61 Å². The summed E-state index contributed by atoms with van der Waals surface area (Å²) in [6, 6.07) is 12.2. The molecule has 108 valence electrons. The van der Waals surface area contributed by atoms with Gasteiger partial charge in [-0.25, -0.2) is 4.79 Å². The predicted molar refractivity (Wildman–Crippen MR) is 86.1 cm³/mol.